The van der Waals surface area contributed by atoms with Gasteiger partial charge in [-0.15, -0.1) is 0 Å². The number of piperidine rings is 1. The molecular formula is C17H30N2O2. The Kier molecular flexibility index (Phi) is 4.28. The van der Waals surface area contributed by atoms with E-state index in [1.807, 2.05) is 0 Å². The van der Waals surface area contributed by atoms with Crippen molar-refractivity contribution in [2.24, 2.45) is 11.1 Å². The molecule has 0 aromatic rings. The SMILES string of the molecule is NC1(C(=O)O)CCCC(N2CCC3(CCCCC3)CC2)C1. The Morgan fingerprint density at radius 2 is 1.67 bits per heavy atom. The maximum Gasteiger partial charge on any atom is 0.323 e. The van der Waals surface area contributed by atoms with Crippen LogP contribution < -0.4 is 5.73 Å². The highest BCUT2D eigenvalue weighted by Gasteiger charge is 2.43. The molecule has 2 atom stereocenters. The van der Waals surface area contributed by atoms with Crippen molar-refractivity contribution >= 4 is 5.97 Å². The monoisotopic (exact) mass is 294 g/mol. The molecule has 3 rings (SSSR count). The van der Waals surface area contributed by atoms with Crippen molar-refractivity contribution in [3.8, 4) is 0 Å². The molecule has 1 saturated heterocycles. The van der Waals surface area contributed by atoms with Crippen LogP contribution in [0, 0.1) is 5.41 Å². The molecule has 0 radical (unpaired) electrons. The Labute approximate surface area is 128 Å². The molecule has 2 aliphatic carbocycles. The second-order valence-electron chi connectivity index (χ2n) is 7.81. The molecule has 3 fully saturated rings. The standard InChI is InChI=1S/C17H30N2O2/c18-17(15(20)21)8-4-5-14(13-17)19-11-9-16(10-12-19)6-2-1-3-7-16/h14H,1-13,18H2,(H,20,21). The molecule has 4 nitrogen and oxygen atoms in total. The summed E-state index contributed by atoms with van der Waals surface area (Å²) in [6, 6.07) is 0.390. The summed E-state index contributed by atoms with van der Waals surface area (Å²) in [5.41, 5.74) is 5.75. The summed E-state index contributed by atoms with van der Waals surface area (Å²) >= 11 is 0. The van der Waals surface area contributed by atoms with Gasteiger partial charge in [0, 0.05) is 6.04 Å². The lowest BCUT2D eigenvalue weighted by Crippen LogP contribution is -2.57. The summed E-state index contributed by atoms with van der Waals surface area (Å²) in [5, 5.41) is 9.37. The van der Waals surface area contributed by atoms with E-state index in [-0.39, 0.29) is 0 Å². The van der Waals surface area contributed by atoms with Crippen molar-refractivity contribution in [2.45, 2.75) is 82.2 Å². The van der Waals surface area contributed by atoms with Crippen molar-refractivity contribution in [2.75, 3.05) is 13.1 Å². The highest BCUT2D eigenvalue weighted by atomic mass is 16.4. The third kappa shape index (κ3) is 3.11. The first-order chi connectivity index (χ1) is 10.0. The summed E-state index contributed by atoms with van der Waals surface area (Å²) in [6.45, 7) is 2.31. The normalized spacial score (nSPS) is 37.5. The predicted molar refractivity (Wildman–Crippen MR) is 83.1 cm³/mol. The van der Waals surface area contributed by atoms with Gasteiger partial charge in [0.25, 0.3) is 0 Å². The number of nitrogens with zero attached hydrogens (tertiary/aromatic N) is 1. The first-order valence-electron chi connectivity index (χ1n) is 8.79. The van der Waals surface area contributed by atoms with Crippen molar-refractivity contribution in [1.29, 1.82) is 0 Å². The number of carboxylic acids is 1. The molecule has 1 heterocycles. The van der Waals surface area contributed by atoms with E-state index in [0.717, 1.165) is 25.9 Å². The van der Waals surface area contributed by atoms with Crippen LogP contribution in [0.2, 0.25) is 0 Å². The lowest BCUT2D eigenvalue weighted by molar-refractivity contribution is -0.145. The molecule has 21 heavy (non-hydrogen) atoms. The Morgan fingerprint density at radius 3 is 2.29 bits per heavy atom. The zero-order valence-corrected chi connectivity index (χ0v) is 13.1. The highest BCUT2D eigenvalue weighted by molar-refractivity contribution is 5.78. The number of carboxylic acid groups (broad SMARTS) is 1. The third-order valence-corrected chi connectivity index (χ3v) is 6.48. The van der Waals surface area contributed by atoms with Crippen LogP contribution in [0.1, 0.15) is 70.6 Å². The summed E-state index contributed by atoms with van der Waals surface area (Å²) < 4.78 is 0. The van der Waals surface area contributed by atoms with Gasteiger partial charge in [0.05, 0.1) is 0 Å². The van der Waals surface area contributed by atoms with Gasteiger partial charge in [-0.25, -0.2) is 0 Å². The molecule has 2 unspecified atom stereocenters. The van der Waals surface area contributed by atoms with Crippen molar-refractivity contribution in [3.63, 3.8) is 0 Å². The van der Waals surface area contributed by atoms with Crippen molar-refractivity contribution in [1.82, 2.24) is 4.90 Å². The first-order valence-corrected chi connectivity index (χ1v) is 8.79. The van der Waals surface area contributed by atoms with Gasteiger partial charge in [0.15, 0.2) is 0 Å². The Hall–Kier alpha value is -0.610. The molecule has 120 valence electrons. The van der Waals surface area contributed by atoms with Crippen LogP contribution in [0.5, 0.6) is 0 Å². The fraction of sp³-hybridized carbons (Fsp3) is 0.941. The Balaban J connectivity index is 1.58. The summed E-state index contributed by atoms with van der Waals surface area (Å²) in [4.78, 5) is 13.9. The van der Waals surface area contributed by atoms with Crippen molar-refractivity contribution < 1.29 is 9.90 Å². The zero-order valence-electron chi connectivity index (χ0n) is 13.1. The molecule has 3 aliphatic rings. The molecule has 0 bridgehead atoms. The van der Waals surface area contributed by atoms with E-state index in [9.17, 15) is 9.90 Å². The second kappa shape index (κ2) is 5.88. The average molecular weight is 294 g/mol. The predicted octanol–water partition coefficient (Wildman–Crippen LogP) is 2.76. The van der Waals surface area contributed by atoms with Crippen LogP contribution in [0.3, 0.4) is 0 Å². The van der Waals surface area contributed by atoms with E-state index in [1.165, 1.54) is 44.9 Å². The van der Waals surface area contributed by atoms with E-state index in [0.29, 0.717) is 24.3 Å². The maximum atomic E-state index is 11.4. The molecule has 2 saturated carbocycles. The van der Waals surface area contributed by atoms with E-state index in [1.54, 1.807) is 0 Å². The number of rotatable bonds is 2. The van der Waals surface area contributed by atoms with Gasteiger partial charge in [-0.3, -0.25) is 4.79 Å². The van der Waals surface area contributed by atoms with Gasteiger partial charge < -0.3 is 15.7 Å². The van der Waals surface area contributed by atoms with Crippen LogP contribution in [0.4, 0.5) is 0 Å². The molecule has 1 aliphatic heterocycles. The fourth-order valence-electron chi connectivity index (χ4n) is 4.95. The van der Waals surface area contributed by atoms with Crippen molar-refractivity contribution in [3.05, 3.63) is 0 Å². The first kappa shape index (κ1) is 15.3. The zero-order chi connectivity index (χ0) is 14.9. The summed E-state index contributed by atoms with van der Waals surface area (Å²) in [6.07, 6.45) is 13.1. The number of nitrogens with two attached hydrogens (primary N) is 1. The maximum absolute atomic E-state index is 11.4. The van der Waals surface area contributed by atoms with Gasteiger partial charge in [-0.05, 0) is 69.9 Å². The number of hydrogen-bond acceptors (Lipinski definition) is 3. The highest BCUT2D eigenvalue weighted by Crippen LogP contribution is 2.45. The molecule has 0 aromatic carbocycles. The average Bonchev–Trinajstić information content (AvgIpc) is 2.49. The van der Waals surface area contributed by atoms with E-state index in [2.05, 4.69) is 4.90 Å². The van der Waals surface area contributed by atoms with Crippen LogP contribution in [0.25, 0.3) is 0 Å². The van der Waals surface area contributed by atoms with Crippen LogP contribution in [-0.4, -0.2) is 40.6 Å². The van der Waals surface area contributed by atoms with Crippen LogP contribution >= 0.6 is 0 Å². The lowest BCUT2D eigenvalue weighted by atomic mass is 9.67. The Morgan fingerprint density at radius 1 is 1.00 bits per heavy atom. The quantitative estimate of drug-likeness (QED) is 0.822. The number of likely N-dealkylation sites (tertiary alicyclic amines) is 1. The van der Waals surface area contributed by atoms with Crippen LogP contribution in [-0.2, 0) is 4.79 Å². The smallest absolute Gasteiger partial charge is 0.323 e. The fourth-order valence-corrected chi connectivity index (χ4v) is 4.95. The molecule has 1 spiro atoms. The largest absolute Gasteiger partial charge is 0.480 e. The Bertz CT molecular complexity index is 382. The number of hydrogen-bond donors (Lipinski definition) is 2. The molecule has 3 N–H and O–H groups in total. The molecule has 4 heteroatoms. The van der Waals surface area contributed by atoms with Crippen LogP contribution in [0.15, 0.2) is 0 Å². The molecule has 0 amide bonds. The minimum absolute atomic E-state index is 0.390. The van der Waals surface area contributed by atoms with Gasteiger partial charge in [0.1, 0.15) is 5.54 Å². The van der Waals surface area contributed by atoms with Gasteiger partial charge in [-0.2, -0.15) is 0 Å². The number of carbonyl (C=O) groups is 1. The van der Waals surface area contributed by atoms with E-state index in [4.69, 9.17) is 5.73 Å². The topological polar surface area (TPSA) is 66.6 Å². The summed E-state index contributed by atoms with van der Waals surface area (Å²) in [7, 11) is 0. The summed E-state index contributed by atoms with van der Waals surface area (Å²) in [5.74, 6) is -0.812. The molecular weight excluding hydrogens is 264 g/mol. The van der Waals surface area contributed by atoms with E-state index < -0.39 is 11.5 Å². The third-order valence-electron chi connectivity index (χ3n) is 6.48. The van der Waals surface area contributed by atoms with Gasteiger partial charge >= 0.3 is 5.97 Å². The number of aliphatic carboxylic acids is 1. The molecule has 0 aromatic heterocycles. The minimum atomic E-state index is -0.983. The minimum Gasteiger partial charge on any atom is -0.480 e. The van der Waals surface area contributed by atoms with Gasteiger partial charge in [-0.1, -0.05) is 19.3 Å². The van der Waals surface area contributed by atoms with E-state index >= 15 is 0 Å². The lowest BCUT2D eigenvalue weighted by Gasteiger charge is -2.48. The second-order valence-corrected chi connectivity index (χ2v) is 7.81. The van der Waals surface area contributed by atoms with Gasteiger partial charge in [0.2, 0.25) is 0 Å².